The molecule has 1 spiro atoms. The van der Waals surface area contributed by atoms with E-state index < -0.39 is 29.0 Å². The molecule has 1 aliphatic carbocycles. The molecule has 2 heterocycles. The number of amides is 1. The first-order chi connectivity index (χ1) is 17.0. The first-order valence-electron chi connectivity index (χ1n) is 11.2. The van der Waals surface area contributed by atoms with Crippen LogP contribution in [-0.2, 0) is 11.6 Å². The number of fused-ring (bicyclic) bond motifs is 2. The minimum Gasteiger partial charge on any atom is -0.497 e. The van der Waals surface area contributed by atoms with Gasteiger partial charge in [0.05, 0.1) is 7.11 Å². The van der Waals surface area contributed by atoms with E-state index in [0.29, 0.717) is 24.1 Å². The first-order valence-corrected chi connectivity index (χ1v) is 11.2. The number of nitrogens with one attached hydrogen (secondary N) is 1. The highest BCUT2D eigenvalue weighted by molar-refractivity contribution is 6.09. The zero-order valence-corrected chi connectivity index (χ0v) is 19.8. The maximum absolute atomic E-state index is 15.0. The van der Waals surface area contributed by atoms with Gasteiger partial charge in [-0.2, -0.15) is 18.3 Å². The number of ether oxygens (including phenoxy) is 1. The predicted octanol–water partition coefficient (Wildman–Crippen LogP) is 4.62. The van der Waals surface area contributed by atoms with E-state index in [1.807, 2.05) is 0 Å². The lowest BCUT2D eigenvalue weighted by Gasteiger charge is -2.34. The van der Waals surface area contributed by atoms with Crippen molar-refractivity contribution >= 4 is 17.4 Å². The molecule has 1 amide bonds. The molecule has 36 heavy (non-hydrogen) atoms. The lowest BCUT2D eigenvalue weighted by atomic mass is 9.88. The number of nitrogens with zero attached hydrogens (tertiary/aromatic N) is 4. The van der Waals surface area contributed by atoms with Gasteiger partial charge in [0.25, 0.3) is 5.91 Å². The Bertz CT molecular complexity index is 1370. The molecule has 1 fully saturated rings. The van der Waals surface area contributed by atoms with Gasteiger partial charge < -0.3 is 14.5 Å². The van der Waals surface area contributed by atoms with Crippen LogP contribution in [-0.4, -0.2) is 54.2 Å². The second kappa shape index (κ2) is 8.07. The van der Waals surface area contributed by atoms with E-state index in [4.69, 9.17) is 10.1 Å². The van der Waals surface area contributed by atoms with Crippen molar-refractivity contribution in [3.63, 3.8) is 0 Å². The maximum atomic E-state index is 15.0. The Morgan fingerprint density at radius 1 is 1.14 bits per heavy atom. The van der Waals surface area contributed by atoms with Gasteiger partial charge >= 0.3 is 6.18 Å². The van der Waals surface area contributed by atoms with Crippen LogP contribution in [0.4, 0.5) is 23.2 Å². The quantitative estimate of drug-likeness (QED) is 0.322. The van der Waals surface area contributed by atoms with Gasteiger partial charge in [0.2, 0.25) is 0 Å². The Labute approximate surface area is 204 Å². The van der Waals surface area contributed by atoms with Crippen LogP contribution in [0.3, 0.4) is 0 Å². The van der Waals surface area contributed by atoms with Crippen molar-refractivity contribution in [1.82, 2.24) is 14.7 Å². The zero-order valence-electron chi connectivity index (χ0n) is 19.8. The molecule has 1 saturated carbocycles. The number of methoxy groups -OCH3 is 1. The highest BCUT2D eigenvalue weighted by Crippen LogP contribution is 2.56. The molecule has 0 bridgehead atoms. The Morgan fingerprint density at radius 3 is 2.33 bits per heavy atom. The van der Waals surface area contributed by atoms with Gasteiger partial charge in [0, 0.05) is 48.9 Å². The third kappa shape index (κ3) is 3.69. The minimum atomic E-state index is -4.81. The number of rotatable bonds is 4. The van der Waals surface area contributed by atoms with Gasteiger partial charge in [0.1, 0.15) is 23.0 Å². The first kappa shape index (κ1) is 23.8. The fourth-order valence-corrected chi connectivity index (χ4v) is 4.68. The van der Waals surface area contributed by atoms with Gasteiger partial charge in [-0.05, 0) is 49.2 Å². The summed E-state index contributed by atoms with van der Waals surface area (Å²) in [6.45, 7) is 0.0587. The third-order valence-corrected chi connectivity index (χ3v) is 6.73. The molecule has 5 rings (SSSR count). The van der Waals surface area contributed by atoms with E-state index >= 15 is 0 Å². The lowest BCUT2D eigenvalue weighted by Crippen LogP contribution is -2.44. The fourth-order valence-electron chi connectivity index (χ4n) is 4.68. The molecule has 1 N–H and O–H groups in total. The van der Waals surface area contributed by atoms with E-state index in [1.165, 1.54) is 24.1 Å². The number of hydrogen-bond acceptors (Lipinski definition) is 4. The molecule has 7 nitrogen and oxygen atoms in total. The molecule has 2 aliphatic rings. The Morgan fingerprint density at radius 2 is 1.81 bits per heavy atom. The van der Waals surface area contributed by atoms with Crippen molar-refractivity contribution in [3.8, 4) is 11.4 Å². The second-order valence-electron chi connectivity index (χ2n) is 9.26. The van der Waals surface area contributed by atoms with E-state index in [9.17, 15) is 22.4 Å². The highest BCUT2D eigenvalue weighted by atomic mass is 19.4. The van der Waals surface area contributed by atoms with Crippen LogP contribution >= 0.6 is 0 Å². The van der Waals surface area contributed by atoms with Gasteiger partial charge in [-0.3, -0.25) is 10.2 Å². The summed E-state index contributed by atoms with van der Waals surface area (Å²) >= 11 is 0. The molecule has 3 aromatic rings. The monoisotopic (exact) mass is 501 g/mol. The number of aromatic nitrogens is 2. The summed E-state index contributed by atoms with van der Waals surface area (Å²) in [5, 5.41) is 11.9. The normalized spacial score (nSPS) is 16.2. The largest absolute Gasteiger partial charge is 0.497 e. The molecular weight excluding hydrogens is 478 g/mol. The third-order valence-electron chi connectivity index (χ3n) is 6.73. The molecule has 2 aromatic carbocycles. The van der Waals surface area contributed by atoms with E-state index in [0.717, 1.165) is 10.7 Å². The van der Waals surface area contributed by atoms with Crippen LogP contribution in [0.15, 0.2) is 42.5 Å². The SMILES string of the molecule is COc1ccc(-n2nc(C(F)(F)F)c3c2C(=O)N(c2ccc(C(=N)N(C)C)cc2)CC32CC2)c(F)c1. The van der Waals surface area contributed by atoms with Crippen LogP contribution in [0.1, 0.15) is 40.2 Å². The molecule has 0 saturated heterocycles. The summed E-state index contributed by atoms with van der Waals surface area (Å²) in [5.74, 6) is -1.11. The molecule has 188 valence electrons. The summed E-state index contributed by atoms with van der Waals surface area (Å²) in [6.07, 6.45) is -3.91. The van der Waals surface area contributed by atoms with Crippen LogP contribution in [0.2, 0.25) is 0 Å². The number of halogens is 4. The van der Waals surface area contributed by atoms with Crippen molar-refractivity contribution in [1.29, 1.82) is 5.41 Å². The number of anilines is 1. The average molecular weight is 501 g/mol. The maximum Gasteiger partial charge on any atom is 0.435 e. The molecule has 1 aromatic heterocycles. The summed E-state index contributed by atoms with van der Waals surface area (Å²) in [6, 6.07) is 10.4. The van der Waals surface area contributed by atoms with Gasteiger partial charge in [0.15, 0.2) is 11.5 Å². The summed E-state index contributed by atoms with van der Waals surface area (Å²) in [5.41, 5.74) is -1.71. The predicted molar refractivity (Wildman–Crippen MR) is 125 cm³/mol. The molecule has 0 unspecified atom stereocenters. The molecular formula is C25H23F4N5O2. The highest BCUT2D eigenvalue weighted by Gasteiger charge is 2.58. The van der Waals surface area contributed by atoms with Crippen LogP contribution in [0.5, 0.6) is 5.75 Å². The fraction of sp³-hybridized carbons (Fsp3) is 0.320. The number of benzene rings is 2. The molecule has 11 heteroatoms. The van der Waals surface area contributed by atoms with Crippen molar-refractivity contribution < 1.29 is 27.1 Å². The van der Waals surface area contributed by atoms with Crippen LogP contribution in [0.25, 0.3) is 5.69 Å². The van der Waals surface area contributed by atoms with Crippen molar-refractivity contribution in [2.45, 2.75) is 24.4 Å². The summed E-state index contributed by atoms with van der Waals surface area (Å²) < 4.78 is 63.0. The lowest BCUT2D eigenvalue weighted by molar-refractivity contribution is -0.142. The van der Waals surface area contributed by atoms with E-state index in [-0.39, 0.29) is 35.1 Å². The van der Waals surface area contributed by atoms with Crippen molar-refractivity contribution in [2.75, 3.05) is 32.6 Å². The topological polar surface area (TPSA) is 74.5 Å². The Balaban J connectivity index is 1.66. The van der Waals surface area contributed by atoms with Crippen molar-refractivity contribution in [3.05, 3.63) is 70.8 Å². The molecule has 0 radical (unpaired) electrons. The van der Waals surface area contributed by atoms with Gasteiger partial charge in [-0.1, -0.05) is 0 Å². The zero-order chi connectivity index (χ0) is 26.0. The smallest absolute Gasteiger partial charge is 0.435 e. The minimum absolute atomic E-state index is 0.0587. The second-order valence-corrected chi connectivity index (χ2v) is 9.26. The standard InChI is InChI=1S/C25H23F4N5O2/c1-32(2)22(30)14-4-6-15(7-5-14)33-13-24(10-11-24)19-20(23(33)35)34(31-21(19)25(27,28)29)18-9-8-16(36-3)12-17(18)26/h4-9,12,30H,10-11,13H2,1-3H3. The van der Waals surface area contributed by atoms with E-state index in [1.54, 1.807) is 43.3 Å². The van der Waals surface area contributed by atoms with Gasteiger partial charge in [-0.15, -0.1) is 0 Å². The molecule has 0 atom stereocenters. The van der Waals surface area contributed by atoms with E-state index in [2.05, 4.69) is 5.10 Å². The Hall–Kier alpha value is -3.89. The van der Waals surface area contributed by atoms with Gasteiger partial charge in [-0.25, -0.2) is 9.07 Å². The number of amidine groups is 1. The number of carbonyl (C=O) groups is 1. The van der Waals surface area contributed by atoms with Crippen molar-refractivity contribution in [2.24, 2.45) is 0 Å². The Kier molecular flexibility index (Phi) is 5.34. The molecule has 1 aliphatic heterocycles. The summed E-state index contributed by atoms with van der Waals surface area (Å²) in [7, 11) is 4.82. The van der Waals surface area contributed by atoms with Crippen LogP contribution < -0.4 is 9.64 Å². The number of alkyl halides is 3. The average Bonchev–Trinajstić information content (AvgIpc) is 3.48. The van der Waals surface area contributed by atoms with Crippen LogP contribution in [0, 0.1) is 11.2 Å². The summed E-state index contributed by atoms with van der Waals surface area (Å²) in [4.78, 5) is 16.8. The number of carbonyl (C=O) groups excluding carboxylic acids is 1. The number of hydrogen-bond donors (Lipinski definition) is 1.